The third-order valence-corrected chi connectivity index (χ3v) is 2.90. The van der Waals surface area contributed by atoms with E-state index < -0.39 is 0 Å². The van der Waals surface area contributed by atoms with Gasteiger partial charge in [-0.25, -0.2) is 4.90 Å². The van der Waals surface area contributed by atoms with E-state index in [1.807, 2.05) is 24.3 Å². The lowest BCUT2D eigenvalue weighted by Gasteiger charge is -2.15. The van der Waals surface area contributed by atoms with E-state index in [9.17, 15) is 9.59 Å². The van der Waals surface area contributed by atoms with Crippen LogP contribution in [-0.2, 0) is 9.59 Å². The molecule has 1 aliphatic rings. The van der Waals surface area contributed by atoms with Crippen LogP contribution in [0.1, 0.15) is 12.8 Å². The number of carbonyl (C=O) groups excluding carboxylic acids is 2. The molecule has 18 heavy (non-hydrogen) atoms. The Bertz CT molecular complexity index is 603. The second-order valence-electron chi connectivity index (χ2n) is 3.98. The summed E-state index contributed by atoms with van der Waals surface area (Å²) in [4.78, 5) is 28.9. The lowest BCUT2D eigenvalue weighted by Crippen LogP contribution is -2.28. The summed E-state index contributed by atoms with van der Waals surface area (Å²) < 4.78 is 0. The van der Waals surface area contributed by atoms with Crippen molar-refractivity contribution in [3.05, 3.63) is 36.5 Å². The predicted molar refractivity (Wildman–Crippen MR) is 67.1 cm³/mol. The number of imide groups is 1. The highest BCUT2D eigenvalue weighted by atomic mass is 16.2. The van der Waals surface area contributed by atoms with Gasteiger partial charge >= 0.3 is 0 Å². The minimum atomic E-state index is -0.145. The standard InChI is InChI=1S/C13H10N2O2.H2O/c16-11-6-7-12(17)15(11)10-5-1-3-9-4-2-8-14-13(9)10;/h1-5,8H,6-7H2;1H2. The van der Waals surface area contributed by atoms with E-state index in [0.717, 1.165) is 5.39 Å². The second kappa shape index (κ2) is 4.54. The summed E-state index contributed by atoms with van der Waals surface area (Å²) in [6.07, 6.45) is 2.25. The van der Waals surface area contributed by atoms with Crippen molar-refractivity contribution < 1.29 is 15.1 Å². The number of rotatable bonds is 1. The molecule has 1 aliphatic heterocycles. The summed E-state index contributed by atoms with van der Waals surface area (Å²) in [5.74, 6) is -0.290. The van der Waals surface area contributed by atoms with Crippen LogP contribution in [0.4, 0.5) is 5.69 Å². The minimum Gasteiger partial charge on any atom is -0.412 e. The second-order valence-corrected chi connectivity index (χ2v) is 3.98. The molecular formula is C13H12N2O3. The summed E-state index contributed by atoms with van der Waals surface area (Å²) in [6, 6.07) is 9.25. The molecule has 92 valence electrons. The van der Waals surface area contributed by atoms with Gasteiger partial charge in [-0.05, 0) is 12.1 Å². The average molecular weight is 244 g/mol. The van der Waals surface area contributed by atoms with Crippen molar-refractivity contribution in [1.29, 1.82) is 0 Å². The Morgan fingerprint density at radius 2 is 1.67 bits per heavy atom. The molecule has 0 spiro atoms. The van der Waals surface area contributed by atoms with Gasteiger partial charge in [0.2, 0.25) is 11.8 Å². The van der Waals surface area contributed by atoms with Gasteiger partial charge in [0.25, 0.3) is 0 Å². The van der Waals surface area contributed by atoms with Gasteiger partial charge in [-0.3, -0.25) is 14.6 Å². The Morgan fingerprint density at radius 1 is 1.00 bits per heavy atom. The SMILES string of the molecule is O.O=C1CCC(=O)N1c1cccc2cccnc12. The largest absolute Gasteiger partial charge is 0.412 e. The van der Waals surface area contributed by atoms with Crippen molar-refractivity contribution in [3.8, 4) is 0 Å². The van der Waals surface area contributed by atoms with Gasteiger partial charge in [0, 0.05) is 24.4 Å². The van der Waals surface area contributed by atoms with Crippen molar-refractivity contribution in [2.45, 2.75) is 12.8 Å². The zero-order valence-electron chi connectivity index (χ0n) is 9.59. The fraction of sp³-hybridized carbons (Fsp3) is 0.154. The van der Waals surface area contributed by atoms with Crippen LogP contribution in [0.25, 0.3) is 10.9 Å². The molecule has 5 heteroatoms. The number of anilines is 1. The Hall–Kier alpha value is -2.27. The molecular weight excluding hydrogens is 232 g/mol. The number of benzene rings is 1. The Balaban J connectivity index is 0.00000120. The molecule has 1 saturated heterocycles. The number of nitrogens with zero attached hydrogens (tertiary/aromatic N) is 2. The summed E-state index contributed by atoms with van der Waals surface area (Å²) in [6.45, 7) is 0. The van der Waals surface area contributed by atoms with Crippen LogP contribution in [-0.4, -0.2) is 22.3 Å². The third kappa shape index (κ3) is 1.74. The fourth-order valence-corrected chi connectivity index (χ4v) is 2.11. The molecule has 0 bridgehead atoms. The maximum Gasteiger partial charge on any atom is 0.234 e. The van der Waals surface area contributed by atoms with Crippen LogP contribution in [0.5, 0.6) is 0 Å². The fourth-order valence-electron chi connectivity index (χ4n) is 2.11. The third-order valence-electron chi connectivity index (χ3n) is 2.90. The van der Waals surface area contributed by atoms with Gasteiger partial charge in [0.15, 0.2) is 0 Å². The van der Waals surface area contributed by atoms with Crippen molar-refractivity contribution in [2.24, 2.45) is 0 Å². The van der Waals surface area contributed by atoms with Crippen molar-refractivity contribution in [1.82, 2.24) is 4.98 Å². The maximum absolute atomic E-state index is 11.7. The first-order valence-corrected chi connectivity index (χ1v) is 5.47. The number of para-hydroxylation sites is 1. The zero-order valence-corrected chi connectivity index (χ0v) is 9.59. The van der Waals surface area contributed by atoms with E-state index in [0.29, 0.717) is 24.0 Å². The number of fused-ring (bicyclic) bond motifs is 1. The van der Waals surface area contributed by atoms with Crippen molar-refractivity contribution in [2.75, 3.05) is 4.90 Å². The number of hydrogen-bond donors (Lipinski definition) is 0. The van der Waals surface area contributed by atoms with Gasteiger partial charge < -0.3 is 5.48 Å². The van der Waals surface area contributed by atoms with E-state index in [1.54, 1.807) is 12.3 Å². The molecule has 1 fully saturated rings. The van der Waals surface area contributed by atoms with Crippen LogP contribution in [0.15, 0.2) is 36.5 Å². The maximum atomic E-state index is 11.7. The van der Waals surface area contributed by atoms with Gasteiger partial charge in [-0.2, -0.15) is 0 Å². The summed E-state index contributed by atoms with van der Waals surface area (Å²) in [5, 5.41) is 0.928. The number of carbonyl (C=O) groups is 2. The number of hydrogen-bond acceptors (Lipinski definition) is 3. The van der Waals surface area contributed by atoms with Gasteiger partial charge in [-0.15, -0.1) is 0 Å². The van der Waals surface area contributed by atoms with Crippen molar-refractivity contribution in [3.63, 3.8) is 0 Å². The first-order valence-electron chi connectivity index (χ1n) is 5.47. The lowest BCUT2D eigenvalue weighted by molar-refractivity contribution is -0.121. The van der Waals surface area contributed by atoms with E-state index >= 15 is 0 Å². The van der Waals surface area contributed by atoms with Crippen LogP contribution in [0.3, 0.4) is 0 Å². The smallest absolute Gasteiger partial charge is 0.234 e. The molecule has 2 heterocycles. The van der Waals surface area contributed by atoms with E-state index in [4.69, 9.17) is 0 Å². The Kier molecular flexibility index (Phi) is 3.08. The van der Waals surface area contributed by atoms with E-state index in [-0.39, 0.29) is 17.3 Å². The minimum absolute atomic E-state index is 0. The molecule has 0 aliphatic carbocycles. The molecule has 1 aromatic heterocycles. The first-order chi connectivity index (χ1) is 8.27. The van der Waals surface area contributed by atoms with Crippen LogP contribution < -0.4 is 4.90 Å². The molecule has 2 aromatic rings. The Labute approximate surface area is 103 Å². The summed E-state index contributed by atoms with van der Waals surface area (Å²) >= 11 is 0. The number of aromatic nitrogens is 1. The van der Waals surface area contributed by atoms with Gasteiger partial charge in [-0.1, -0.05) is 18.2 Å². The molecule has 0 unspecified atom stereocenters. The predicted octanol–water partition coefficient (Wildman–Crippen LogP) is 1.06. The molecule has 1 aromatic carbocycles. The molecule has 0 radical (unpaired) electrons. The normalized spacial score (nSPS) is 15.0. The van der Waals surface area contributed by atoms with E-state index in [2.05, 4.69) is 4.98 Å². The highest BCUT2D eigenvalue weighted by Crippen LogP contribution is 2.28. The number of pyridine rings is 1. The van der Waals surface area contributed by atoms with Gasteiger partial charge in [0.1, 0.15) is 0 Å². The lowest BCUT2D eigenvalue weighted by atomic mass is 10.2. The zero-order chi connectivity index (χ0) is 11.8. The summed E-state index contributed by atoms with van der Waals surface area (Å²) in [5.41, 5.74) is 1.29. The topological polar surface area (TPSA) is 81.8 Å². The highest BCUT2D eigenvalue weighted by molar-refractivity contribution is 6.22. The van der Waals surface area contributed by atoms with Crippen LogP contribution in [0, 0.1) is 0 Å². The molecule has 2 amide bonds. The Morgan fingerprint density at radius 3 is 2.39 bits per heavy atom. The molecule has 5 nitrogen and oxygen atoms in total. The van der Waals surface area contributed by atoms with Crippen LogP contribution >= 0.6 is 0 Å². The average Bonchev–Trinajstić information content (AvgIpc) is 2.69. The molecule has 3 rings (SSSR count). The van der Waals surface area contributed by atoms with E-state index in [1.165, 1.54) is 4.90 Å². The van der Waals surface area contributed by atoms with Gasteiger partial charge in [0.05, 0.1) is 11.2 Å². The van der Waals surface area contributed by atoms with Crippen LogP contribution in [0.2, 0.25) is 0 Å². The highest BCUT2D eigenvalue weighted by Gasteiger charge is 2.31. The van der Waals surface area contributed by atoms with Crippen molar-refractivity contribution >= 4 is 28.4 Å². The quantitative estimate of drug-likeness (QED) is 0.703. The molecule has 0 saturated carbocycles. The number of amides is 2. The molecule has 2 N–H and O–H groups in total. The first kappa shape index (κ1) is 12.2. The molecule has 0 atom stereocenters. The summed E-state index contributed by atoms with van der Waals surface area (Å²) in [7, 11) is 0. The monoisotopic (exact) mass is 244 g/mol.